The summed E-state index contributed by atoms with van der Waals surface area (Å²) < 4.78 is 20.6. The molecule has 0 bridgehead atoms. The van der Waals surface area contributed by atoms with Crippen LogP contribution in [0.5, 0.6) is 5.75 Å². The van der Waals surface area contributed by atoms with Crippen molar-refractivity contribution in [3.63, 3.8) is 0 Å². The van der Waals surface area contributed by atoms with Crippen molar-refractivity contribution < 1.29 is 13.9 Å². The van der Waals surface area contributed by atoms with Gasteiger partial charge in [0, 0.05) is 23.9 Å². The number of nitriles is 1. The number of hydrogen-bond donors (Lipinski definition) is 1. The minimum absolute atomic E-state index is 0.0979. The second-order valence-corrected chi connectivity index (χ2v) is 7.27. The lowest BCUT2D eigenvalue weighted by molar-refractivity contribution is -0.116. The molecule has 3 rings (SSSR count). The number of ether oxygens (including phenoxy) is 1. The number of carbonyl (C=O) groups excluding carboxylic acids is 1. The number of halogens is 1. The van der Waals surface area contributed by atoms with E-state index in [1.165, 1.54) is 12.1 Å². The first-order valence-corrected chi connectivity index (χ1v) is 10.1. The van der Waals surface area contributed by atoms with E-state index in [9.17, 15) is 9.18 Å². The molecular weight excluding hydrogens is 395 g/mol. The Morgan fingerprint density at radius 1 is 1.23 bits per heavy atom. The quantitative estimate of drug-likeness (QED) is 0.544. The molecule has 160 valence electrons. The molecule has 3 aromatic rings. The summed E-state index contributed by atoms with van der Waals surface area (Å²) in [4.78, 5) is 12.5. The number of nitrogens with zero attached hydrogens (tertiary/aromatic N) is 3. The van der Waals surface area contributed by atoms with Gasteiger partial charge in [-0.25, -0.2) is 4.39 Å². The molecule has 0 aliphatic rings. The molecule has 0 radical (unpaired) electrons. The van der Waals surface area contributed by atoms with Crippen LogP contribution in [0.2, 0.25) is 0 Å². The molecule has 0 unspecified atom stereocenters. The van der Waals surface area contributed by atoms with Crippen molar-refractivity contribution in [2.75, 3.05) is 5.32 Å². The van der Waals surface area contributed by atoms with Gasteiger partial charge in [0.2, 0.25) is 5.91 Å². The third-order valence-electron chi connectivity index (χ3n) is 5.01. The zero-order chi connectivity index (χ0) is 22.2. The summed E-state index contributed by atoms with van der Waals surface area (Å²) in [5.74, 6) is 0.236. The zero-order valence-corrected chi connectivity index (χ0v) is 17.7. The largest absolute Gasteiger partial charge is 0.489 e. The van der Waals surface area contributed by atoms with Gasteiger partial charge in [-0.3, -0.25) is 9.48 Å². The summed E-state index contributed by atoms with van der Waals surface area (Å²) >= 11 is 0. The normalized spacial score (nSPS) is 10.5. The van der Waals surface area contributed by atoms with Crippen molar-refractivity contribution in [3.8, 4) is 11.8 Å². The van der Waals surface area contributed by atoms with Gasteiger partial charge in [-0.15, -0.1) is 0 Å². The van der Waals surface area contributed by atoms with E-state index in [1.807, 2.05) is 30.7 Å². The van der Waals surface area contributed by atoms with E-state index in [2.05, 4.69) is 16.5 Å². The average Bonchev–Trinajstić information content (AvgIpc) is 3.03. The van der Waals surface area contributed by atoms with Crippen LogP contribution in [-0.4, -0.2) is 15.7 Å². The first-order chi connectivity index (χ1) is 15.0. The molecular formula is C24H25FN4O2. The number of anilines is 1. The molecule has 1 amide bonds. The maximum absolute atomic E-state index is 13.0. The van der Waals surface area contributed by atoms with E-state index < -0.39 is 0 Å². The van der Waals surface area contributed by atoms with Gasteiger partial charge in [0.15, 0.2) is 0 Å². The van der Waals surface area contributed by atoms with E-state index in [4.69, 9.17) is 10.00 Å². The molecule has 31 heavy (non-hydrogen) atoms. The van der Waals surface area contributed by atoms with Crippen LogP contribution in [0.15, 0.2) is 48.5 Å². The van der Waals surface area contributed by atoms with E-state index in [0.717, 1.165) is 22.5 Å². The minimum atomic E-state index is -0.284. The number of amides is 1. The van der Waals surface area contributed by atoms with Gasteiger partial charge in [0.1, 0.15) is 18.2 Å². The van der Waals surface area contributed by atoms with Crippen molar-refractivity contribution in [2.45, 2.75) is 46.3 Å². The monoisotopic (exact) mass is 420 g/mol. The summed E-state index contributed by atoms with van der Waals surface area (Å²) in [5.41, 5.74) is 4.44. The molecule has 0 spiro atoms. The molecule has 0 fully saturated rings. The van der Waals surface area contributed by atoms with Crippen molar-refractivity contribution in [1.29, 1.82) is 5.26 Å². The Labute approximate surface area is 181 Å². The van der Waals surface area contributed by atoms with Crippen molar-refractivity contribution >= 4 is 11.6 Å². The smallest absolute Gasteiger partial charge is 0.224 e. The highest BCUT2D eigenvalue weighted by molar-refractivity contribution is 5.91. The van der Waals surface area contributed by atoms with Gasteiger partial charge >= 0.3 is 0 Å². The lowest BCUT2D eigenvalue weighted by Gasteiger charge is -2.10. The molecule has 0 aliphatic heterocycles. The van der Waals surface area contributed by atoms with E-state index in [1.54, 1.807) is 24.3 Å². The second-order valence-electron chi connectivity index (χ2n) is 7.27. The Balaban J connectivity index is 1.54. The fourth-order valence-electron chi connectivity index (χ4n) is 3.34. The first-order valence-electron chi connectivity index (χ1n) is 10.1. The van der Waals surface area contributed by atoms with Crippen LogP contribution < -0.4 is 10.1 Å². The summed E-state index contributed by atoms with van der Waals surface area (Å²) in [6.45, 7) is 4.75. The second kappa shape index (κ2) is 10.4. The third kappa shape index (κ3) is 6.16. The number of nitrogens with one attached hydrogen (secondary N) is 1. The van der Waals surface area contributed by atoms with E-state index >= 15 is 0 Å². The predicted octanol–water partition coefficient (Wildman–Crippen LogP) is 4.70. The Morgan fingerprint density at radius 3 is 2.74 bits per heavy atom. The summed E-state index contributed by atoms with van der Waals surface area (Å²) in [7, 11) is 0. The van der Waals surface area contributed by atoms with Gasteiger partial charge < -0.3 is 10.1 Å². The van der Waals surface area contributed by atoms with Crippen molar-refractivity contribution in [1.82, 2.24) is 9.78 Å². The maximum atomic E-state index is 13.0. The zero-order valence-electron chi connectivity index (χ0n) is 17.7. The molecule has 0 atom stereocenters. The molecule has 1 N–H and O–H groups in total. The van der Waals surface area contributed by atoms with Crippen molar-refractivity contribution in [3.05, 3.63) is 76.9 Å². The highest BCUT2D eigenvalue weighted by Crippen LogP contribution is 2.20. The standard InChI is InChI=1S/C24H25FN4O2/c1-17-23(18(2)29(28-17)14-4-13-26)11-12-24(30)27-21-5-3-6-22(15-21)31-16-19-7-9-20(25)10-8-19/h3,5-10,15H,4,11-12,14,16H2,1-2H3,(H,27,30). The van der Waals surface area contributed by atoms with Crippen LogP contribution in [0.4, 0.5) is 10.1 Å². The van der Waals surface area contributed by atoms with Gasteiger partial charge in [0.05, 0.1) is 24.7 Å². The number of rotatable bonds is 9. The number of benzene rings is 2. The Bertz CT molecular complexity index is 1080. The highest BCUT2D eigenvalue weighted by atomic mass is 19.1. The molecule has 7 heteroatoms. The minimum Gasteiger partial charge on any atom is -0.489 e. The fraction of sp³-hybridized carbons (Fsp3) is 0.292. The molecule has 0 saturated carbocycles. The topological polar surface area (TPSA) is 79.9 Å². The number of aryl methyl sites for hydroxylation is 2. The highest BCUT2D eigenvalue weighted by Gasteiger charge is 2.13. The Kier molecular flexibility index (Phi) is 7.39. The van der Waals surface area contributed by atoms with E-state index in [-0.39, 0.29) is 11.7 Å². The molecule has 2 aromatic carbocycles. The van der Waals surface area contributed by atoms with Gasteiger partial charge in [-0.2, -0.15) is 10.4 Å². The average molecular weight is 420 g/mol. The van der Waals surface area contributed by atoms with E-state index in [0.29, 0.717) is 43.9 Å². The molecule has 1 heterocycles. The van der Waals surface area contributed by atoms with Gasteiger partial charge in [0.25, 0.3) is 0 Å². The predicted molar refractivity (Wildman–Crippen MR) is 116 cm³/mol. The Hall–Kier alpha value is -3.66. The van der Waals surface area contributed by atoms with Crippen LogP contribution in [0.1, 0.15) is 35.4 Å². The van der Waals surface area contributed by atoms with Crippen molar-refractivity contribution in [2.24, 2.45) is 0 Å². The van der Waals surface area contributed by atoms with Crippen LogP contribution in [-0.2, 0) is 24.4 Å². The van der Waals surface area contributed by atoms with Gasteiger partial charge in [-0.05, 0) is 55.7 Å². The van der Waals surface area contributed by atoms with Gasteiger partial charge in [-0.1, -0.05) is 18.2 Å². The third-order valence-corrected chi connectivity index (χ3v) is 5.01. The lowest BCUT2D eigenvalue weighted by atomic mass is 10.1. The SMILES string of the molecule is Cc1nn(CCC#N)c(C)c1CCC(=O)Nc1cccc(OCc2ccc(F)cc2)c1. The van der Waals surface area contributed by atoms with Crippen LogP contribution in [0.25, 0.3) is 0 Å². The number of aromatic nitrogens is 2. The molecule has 0 saturated heterocycles. The Morgan fingerprint density at radius 2 is 2.00 bits per heavy atom. The van der Waals surface area contributed by atoms with Crippen LogP contribution in [0.3, 0.4) is 0 Å². The van der Waals surface area contributed by atoms with Crippen LogP contribution >= 0.6 is 0 Å². The molecule has 0 aliphatic carbocycles. The first kappa shape index (κ1) is 22.0. The number of hydrogen-bond acceptors (Lipinski definition) is 4. The molecule has 1 aromatic heterocycles. The fourth-order valence-corrected chi connectivity index (χ4v) is 3.34. The van der Waals surface area contributed by atoms with Crippen LogP contribution in [0, 0.1) is 31.0 Å². The lowest BCUT2D eigenvalue weighted by Crippen LogP contribution is -2.13. The summed E-state index contributed by atoms with van der Waals surface area (Å²) in [6.07, 6.45) is 1.31. The summed E-state index contributed by atoms with van der Waals surface area (Å²) in [5, 5.41) is 16.1. The molecule has 6 nitrogen and oxygen atoms in total. The summed E-state index contributed by atoms with van der Waals surface area (Å²) in [6, 6.07) is 15.4. The maximum Gasteiger partial charge on any atom is 0.224 e. The number of carbonyl (C=O) groups is 1.